The lowest BCUT2D eigenvalue weighted by Gasteiger charge is -2.18. The number of halogens is 1. The average molecular weight is 311 g/mol. The molecule has 108 valence electrons. The number of likely N-dealkylation sites (tertiary alicyclic amines) is 1. The molecule has 0 amide bonds. The summed E-state index contributed by atoms with van der Waals surface area (Å²) >= 11 is 7.68. The average Bonchev–Trinajstić information content (AvgIpc) is 3.13. The Bertz CT molecular complexity index is 540. The third kappa shape index (κ3) is 3.26. The molecule has 3 nitrogen and oxygen atoms in total. The topological polar surface area (TPSA) is 28.4 Å². The normalized spacial score (nSPS) is 21.4. The molecule has 0 aromatic carbocycles. The first-order chi connectivity index (χ1) is 9.72. The fourth-order valence-corrected chi connectivity index (χ4v) is 3.90. The van der Waals surface area contributed by atoms with Crippen molar-refractivity contribution in [1.82, 2.24) is 10.2 Å². The van der Waals surface area contributed by atoms with E-state index in [1.54, 1.807) is 17.6 Å². The number of furan rings is 1. The van der Waals surface area contributed by atoms with Gasteiger partial charge in [0.25, 0.3) is 0 Å². The molecule has 2 aromatic heterocycles. The van der Waals surface area contributed by atoms with Gasteiger partial charge >= 0.3 is 0 Å². The minimum Gasteiger partial charge on any atom is -0.467 e. The minimum absolute atomic E-state index is 0.105. The van der Waals surface area contributed by atoms with Crippen LogP contribution in [0.15, 0.2) is 34.9 Å². The summed E-state index contributed by atoms with van der Waals surface area (Å²) in [7, 11) is 2.18. The van der Waals surface area contributed by atoms with E-state index in [-0.39, 0.29) is 6.04 Å². The smallest absolute Gasteiger partial charge is 0.126 e. The molecule has 1 fully saturated rings. The number of rotatable bonds is 5. The van der Waals surface area contributed by atoms with E-state index in [9.17, 15) is 0 Å². The molecule has 0 aliphatic carbocycles. The van der Waals surface area contributed by atoms with Crippen molar-refractivity contribution in [3.8, 4) is 0 Å². The molecular formula is C15H19ClN2OS. The van der Waals surface area contributed by atoms with Gasteiger partial charge < -0.3 is 14.6 Å². The van der Waals surface area contributed by atoms with Gasteiger partial charge in [0.1, 0.15) is 11.8 Å². The van der Waals surface area contributed by atoms with Crippen molar-refractivity contribution in [3.05, 3.63) is 45.5 Å². The molecule has 2 unspecified atom stereocenters. The molecule has 1 aliphatic heterocycles. The number of hydrogen-bond donors (Lipinski definition) is 1. The van der Waals surface area contributed by atoms with Gasteiger partial charge in [0.05, 0.1) is 10.6 Å². The van der Waals surface area contributed by atoms with Crippen molar-refractivity contribution >= 4 is 22.9 Å². The van der Waals surface area contributed by atoms with Crippen molar-refractivity contribution in [3.63, 3.8) is 0 Å². The van der Waals surface area contributed by atoms with Crippen molar-refractivity contribution in [2.45, 2.75) is 12.5 Å². The van der Waals surface area contributed by atoms with E-state index in [0.717, 1.165) is 16.6 Å². The van der Waals surface area contributed by atoms with Gasteiger partial charge in [0.2, 0.25) is 0 Å². The SMILES string of the molecule is CN1CCC(CNC(c2ccco2)c2ccc(Cl)s2)C1. The molecule has 20 heavy (non-hydrogen) atoms. The third-order valence-electron chi connectivity index (χ3n) is 3.81. The molecule has 3 rings (SSSR count). The Kier molecular flexibility index (Phi) is 4.46. The quantitative estimate of drug-likeness (QED) is 0.914. The number of nitrogens with zero attached hydrogens (tertiary/aromatic N) is 1. The first kappa shape index (κ1) is 14.1. The summed E-state index contributed by atoms with van der Waals surface area (Å²) in [5, 5.41) is 3.65. The predicted octanol–water partition coefficient (Wildman–Crippen LogP) is 3.63. The highest BCUT2D eigenvalue weighted by molar-refractivity contribution is 7.16. The summed E-state index contributed by atoms with van der Waals surface area (Å²) in [5.74, 6) is 1.67. The summed E-state index contributed by atoms with van der Waals surface area (Å²) in [6.45, 7) is 3.37. The number of thiophene rings is 1. The lowest BCUT2D eigenvalue weighted by atomic mass is 10.1. The van der Waals surface area contributed by atoms with Crippen LogP contribution in [0, 0.1) is 5.92 Å². The van der Waals surface area contributed by atoms with Gasteiger partial charge in [0, 0.05) is 18.0 Å². The monoisotopic (exact) mass is 310 g/mol. The molecule has 1 aliphatic rings. The second-order valence-corrected chi connectivity index (χ2v) is 7.16. The summed E-state index contributed by atoms with van der Waals surface area (Å²) in [6.07, 6.45) is 2.99. The molecule has 5 heteroatoms. The van der Waals surface area contributed by atoms with Gasteiger partial charge in [-0.3, -0.25) is 0 Å². The van der Waals surface area contributed by atoms with Gasteiger partial charge in [-0.15, -0.1) is 11.3 Å². The highest BCUT2D eigenvalue weighted by Crippen LogP contribution is 2.31. The van der Waals surface area contributed by atoms with E-state index >= 15 is 0 Å². The largest absolute Gasteiger partial charge is 0.467 e. The van der Waals surface area contributed by atoms with Gasteiger partial charge in [-0.2, -0.15) is 0 Å². The third-order valence-corrected chi connectivity index (χ3v) is 5.10. The van der Waals surface area contributed by atoms with Crippen LogP contribution in [0.5, 0.6) is 0 Å². The lowest BCUT2D eigenvalue weighted by Crippen LogP contribution is -2.28. The van der Waals surface area contributed by atoms with Crippen LogP contribution in [-0.2, 0) is 0 Å². The van der Waals surface area contributed by atoms with Crippen molar-refractivity contribution < 1.29 is 4.42 Å². The molecule has 0 radical (unpaired) electrons. The van der Waals surface area contributed by atoms with Crippen LogP contribution < -0.4 is 5.32 Å². The predicted molar refractivity (Wildman–Crippen MR) is 83.5 cm³/mol. The van der Waals surface area contributed by atoms with E-state index in [4.69, 9.17) is 16.0 Å². The van der Waals surface area contributed by atoms with Gasteiger partial charge in [-0.05, 0) is 50.2 Å². The Hall–Kier alpha value is -0.810. The highest BCUT2D eigenvalue weighted by Gasteiger charge is 2.23. The van der Waals surface area contributed by atoms with Gasteiger partial charge in [-0.1, -0.05) is 11.6 Å². The molecule has 1 N–H and O–H groups in total. The van der Waals surface area contributed by atoms with E-state index in [2.05, 4.69) is 23.3 Å². The highest BCUT2D eigenvalue weighted by atomic mass is 35.5. The van der Waals surface area contributed by atoms with Crippen LogP contribution in [0.2, 0.25) is 4.34 Å². The molecule has 0 saturated carbocycles. The van der Waals surface area contributed by atoms with Crippen molar-refractivity contribution in [1.29, 1.82) is 0 Å². The summed E-state index contributed by atoms with van der Waals surface area (Å²) < 4.78 is 6.40. The van der Waals surface area contributed by atoms with Crippen LogP contribution in [0.25, 0.3) is 0 Å². The van der Waals surface area contributed by atoms with E-state index < -0.39 is 0 Å². The Labute approximate surface area is 128 Å². The molecular weight excluding hydrogens is 292 g/mol. The van der Waals surface area contributed by atoms with Crippen LogP contribution in [-0.4, -0.2) is 31.6 Å². The first-order valence-corrected chi connectivity index (χ1v) is 8.12. The molecule has 0 bridgehead atoms. The maximum absolute atomic E-state index is 6.07. The van der Waals surface area contributed by atoms with Crippen molar-refractivity contribution in [2.75, 3.05) is 26.7 Å². The fraction of sp³-hybridized carbons (Fsp3) is 0.467. The Morgan fingerprint density at radius 2 is 2.40 bits per heavy atom. The van der Waals surface area contributed by atoms with Crippen LogP contribution in [0.3, 0.4) is 0 Å². The van der Waals surface area contributed by atoms with E-state index in [1.165, 1.54) is 24.4 Å². The maximum atomic E-state index is 6.07. The summed E-state index contributed by atoms with van der Waals surface area (Å²) in [4.78, 5) is 3.59. The van der Waals surface area contributed by atoms with E-state index in [1.807, 2.05) is 18.2 Å². The Balaban J connectivity index is 1.70. The molecule has 1 saturated heterocycles. The zero-order valence-corrected chi connectivity index (χ0v) is 13.1. The number of hydrogen-bond acceptors (Lipinski definition) is 4. The van der Waals surface area contributed by atoms with Gasteiger partial charge in [0.15, 0.2) is 0 Å². The summed E-state index contributed by atoms with van der Waals surface area (Å²) in [5.41, 5.74) is 0. The second-order valence-electron chi connectivity index (χ2n) is 5.42. The molecule has 2 atom stereocenters. The van der Waals surface area contributed by atoms with Gasteiger partial charge in [-0.25, -0.2) is 0 Å². The van der Waals surface area contributed by atoms with E-state index in [0.29, 0.717) is 5.92 Å². The second kappa shape index (κ2) is 6.31. The zero-order chi connectivity index (χ0) is 13.9. The summed E-state index contributed by atoms with van der Waals surface area (Å²) in [6, 6.07) is 8.08. The molecule has 0 spiro atoms. The van der Waals surface area contributed by atoms with Crippen LogP contribution in [0.1, 0.15) is 23.1 Å². The van der Waals surface area contributed by atoms with Crippen molar-refractivity contribution in [2.24, 2.45) is 5.92 Å². The molecule has 2 aromatic rings. The maximum Gasteiger partial charge on any atom is 0.126 e. The standard InChI is InChI=1S/C15H19ClN2OS/c1-18-7-6-11(10-18)9-17-15(12-3-2-8-19-12)13-4-5-14(16)20-13/h2-5,8,11,15,17H,6-7,9-10H2,1H3. The van der Waals surface area contributed by atoms with Crippen LogP contribution in [0.4, 0.5) is 0 Å². The number of nitrogens with one attached hydrogen (secondary N) is 1. The fourth-order valence-electron chi connectivity index (χ4n) is 2.76. The lowest BCUT2D eigenvalue weighted by molar-refractivity contribution is 0.375. The minimum atomic E-state index is 0.105. The zero-order valence-electron chi connectivity index (χ0n) is 11.5. The Morgan fingerprint density at radius 1 is 1.50 bits per heavy atom. The Morgan fingerprint density at radius 3 is 3.00 bits per heavy atom. The molecule has 3 heterocycles. The first-order valence-electron chi connectivity index (χ1n) is 6.93. The van der Waals surface area contributed by atoms with Crippen LogP contribution >= 0.6 is 22.9 Å².